The van der Waals surface area contributed by atoms with E-state index >= 15 is 0 Å². The van der Waals surface area contributed by atoms with Crippen LogP contribution in [0.5, 0.6) is 11.5 Å². The fraction of sp³-hybridized carbons (Fsp3) is 0.393. The monoisotopic (exact) mass is 522 g/mol. The summed E-state index contributed by atoms with van der Waals surface area (Å²) in [6.07, 6.45) is 0. The number of amides is 3. The smallest absolute Gasteiger partial charge is 0.338 e. The molecule has 0 aliphatic carbocycles. The minimum atomic E-state index is -0.728. The summed E-state index contributed by atoms with van der Waals surface area (Å²) in [5, 5.41) is 2.93. The highest BCUT2D eigenvalue weighted by Crippen LogP contribution is 2.36. The molecule has 4 rings (SSSR count). The average molecular weight is 523 g/mol. The van der Waals surface area contributed by atoms with E-state index in [1.54, 1.807) is 39.3 Å². The molecule has 2 aromatic carbocycles. The van der Waals surface area contributed by atoms with Gasteiger partial charge in [0, 0.05) is 51.0 Å². The Bertz CT molecular complexity index is 1210. The molecular formula is C28H34N4O6. The zero-order valence-corrected chi connectivity index (χ0v) is 22.2. The van der Waals surface area contributed by atoms with Crippen LogP contribution in [0.1, 0.15) is 28.9 Å². The lowest BCUT2D eigenvalue weighted by atomic mass is 9.94. The number of ether oxygens (including phenoxy) is 3. The van der Waals surface area contributed by atoms with Gasteiger partial charge >= 0.3 is 12.0 Å². The van der Waals surface area contributed by atoms with Crippen molar-refractivity contribution in [1.82, 2.24) is 20.0 Å². The summed E-state index contributed by atoms with van der Waals surface area (Å²) in [4.78, 5) is 44.6. The van der Waals surface area contributed by atoms with E-state index in [1.807, 2.05) is 35.2 Å². The number of urea groups is 1. The summed E-state index contributed by atoms with van der Waals surface area (Å²) in [7, 11) is 4.72. The van der Waals surface area contributed by atoms with Crippen molar-refractivity contribution in [2.24, 2.45) is 0 Å². The number of carbonyl (C=O) groups excluding carboxylic acids is 3. The highest BCUT2D eigenvalue weighted by atomic mass is 16.5. The Hall–Kier alpha value is -4.05. The number of esters is 1. The third-order valence-electron chi connectivity index (χ3n) is 6.87. The molecule has 202 valence electrons. The molecule has 0 unspecified atom stereocenters. The average Bonchev–Trinajstić information content (AvgIpc) is 2.95. The lowest BCUT2D eigenvalue weighted by Crippen LogP contribution is -2.53. The Morgan fingerprint density at radius 3 is 2.29 bits per heavy atom. The van der Waals surface area contributed by atoms with Crippen molar-refractivity contribution in [3.63, 3.8) is 0 Å². The van der Waals surface area contributed by atoms with Crippen molar-refractivity contribution in [2.45, 2.75) is 13.0 Å². The molecule has 10 nitrogen and oxygen atoms in total. The number of nitrogens with one attached hydrogen (secondary N) is 1. The molecule has 1 N–H and O–H groups in total. The highest BCUT2D eigenvalue weighted by molar-refractivity contribution is 5.95. The van der Waals surface area contributed by atoms with E-state index in [0.29, 0.717) is 66.6 Å². The van der Waals surface area contributed by atoms with Gasteiger partial charge in [-0.25, -0.2) is 9.59 Å². The number of hydrogen-bond acceptors (Lipinski definition) is 7. The normalized spacial score (nSPS) is 18.2. The minimum absolute atomic E-state index is 0.000595. The predicted molar refractivity (Wildman–Crippen MR) is 141 cm³/mol. The maximum absolute atomic E-state index is 13.3. The second-order valence-corrected chi connectivity index (χ2v) is 9.07. The summed E-state index contributed by atoms with van der Waals surface area (Å²) in [5.41, 5.74) is 2.26. The first-order valence-electron chi connectivity index (χ1n) is 12.6. The molecule has 1 fully saturated rings. The lowest BCUT2D eigenvalue weighted by molar-refractivity contribution is -0.139. The third kappa shape index (κ3) is 5.60. The standard InChI is InChI=1S/C28H34N4O6/c1-5-38-27(34)24-21(18-31-13-15-32(16-14-31)26(33)19-9-7-6-8-10-19)30(2)28(35)29-25(24)20-11-12-22(36-3)23(17-20)37-4/h6-12,17,25H,5,13-16,18H2,1-4H3,(H,29,35)/t25-/m0/s1. The van der Waals surface area contributed by atoms with Crippen molar-refractivity contribution in [3.05, 3.63) is 70.9 Å². The van der Waals surface area contributed by atoms with E-state index in [4.69, 9.17) is 14.2 Å². The largest absolute Gasteiger partial charge is 0.493 e. The number of methoxy groups -OCH3 is 2. The van der Waals surface area contributed by atoms with Crippen molar-refractivity contribution in [1.29, 1.82) is 0 Å². The second kappa shape index (κ2) is 12.0. The highest BCUT2D eigenvalue weighted by Gasteiger charge is 2.38. The van der Waals surface area contributed by atoms with E-state index in [-0.39, 0.29) is 18.5 Å². The molecule has 0 spiro atoms. The van der Waals surface area contributed by atoms with Gasteiger partial charge in [0.15, 0.2) is 11.5 Å². The molecule has 38 heavy (non-hydrogen) atoms. The molecule has 0 radical (unpaired) electrons. The Balaban J connectivity index is 1.61. The number of rotatable bonds is 8. The van der Waals surface area contributed by atoms with Gasteiger partial charge in [0.1, 0.15) is 0 Å². The zero-order valence-electron chi connectivity index (χ0n) is 22.2. The quantitative estimate of drug-likeness (QED) is 0.532. The molecule has 2 heterocycles. The van der Waals surface area contributed by atoms with Gasteiger partial charge in [-0.2, -0.15) is 0 Å². The number of carbonyl (C=O) groups is 3. The summed E-state index contributed by atoms with van der Waals surface area (Å²) in [5.74, 6) is 0.536. The lowest BCUT2D eigenvalue weighted by Gasteiger charge is -2.39. The number of nitrogens with zero attached hydrogens (tertiary/aromatic N) is 3. The minimum Gasteiger partial charge on any atom is -0.493 e. The molecule has 2 aromatic rings. The fourth-order valence-corrected chi connectivity index (χ4v) is 4.76. The number of likely N-dealkylation sites (N-methyl/N-ethyl adjacent to an activating group) is 1. The molecule has 0 saturated carbocycles. The molecule has 0 aromatic heterocycles. The predicted octanol–water partition coefficient (Wildman–Crippen LogP) is 2.68. The van der Waals surface area contributed by atoms with Crippen molar-refractivity contribution in [2.75, 3.05) is 60.6 Å². The van der Waals surface area contributed by atoms with Crippen molar-refractivity contribution in [3.8, 4) is 11.5 Å². The Morgan fingerprint density at radius 1 is 0.974 bits per heavy atom. The summed E-state index contributed by atoms with van der Waals surface area (Å²) >= 11 is 0. The van der Waals surface area contributed by atoms with E-state index in [2.05, 4.69) is 10.2 Å². The number of hydrogen-bond donors (Lipinski definition) is 1. The van der Waals surface area contributed by atoms with Crippen molar-refractivity contribution >= 4 is 17.9 Å². The van der Waals surface area contributed by atoms with Gasteiger partial charge < -0.3 is 24.4 Å². The second-order valence-electron chi connectivity index (χ2n) is 9.07. The molecule has 1 atom stereocenters. The van der Waals surface area contributed by atoms with Crippen LogP contribution in [0.3, 0.4) is 0 Å². The molecule has 10 heteroatoms. The summed E-state index contributed by atoms with van der Waals surface area (Å²) in [6, 6.07) is 13.4. The molecular weight excluding hydrogens is 488 g/mol. The SMILES string of the molecule is CCOC(=O)C1=C(CN2CCN(C(=O)c3ccccc3)CC2)N(C)C(=O)N[C@H]1c1ccc(OC)c(OC)c1. The number of piperazine rings is 1. The molecule has 2 aliphatic heterocycles. The molecule has 1 saturated heterocycles. The Labute approximate surface area is 222 Å². The van der Waals surface area contributed by atoms with Gasteiger partial charge in [0.2, 0.25) is 0 Å². The number of benzene rings is 2. The summed E-state index contributed by atoms with van der Waals surface area (Å²) in [6.45, 7) is 4.61. The van der Waals surface area contributed by atoms with Crippen LogP contribution in [0.15, 0.2) is 59.8 Å². The van der Waals surface area contributed by atoms with Crippen LogP contribution in [0.4, 0.5) is 4.79 Å². The van der Waals surface area contributed by atoms with Crippen molar-refractivity contribution < 1.29 is 28.6 Å². The van der Waals surface area contributed by atoms with Crippen LogP contribution < -0.4 is 14.8 Å². The van der Waals surface area contributed by atoms with Crippen LogP contribution in [0.2, 0.25) is 0 Å². The van der Waals surface area contributed by atoms with E-state index < -0.39 is 12.0 Å². The third-order valence-corrected chi connectivity index (χ3v) is 6.87. The van der Waals surface area contributed by atoms with Crippen LogP contribution in [0, 0.1) is 0 Å². The van der Waals surface area contributed by atoms with Crippen LogP contribution in [-0.4, -0.2) is 93.2 Å². The first-order chi connectivity index (χ1) is 18.4. The van der Waals surface area contributed by atoms with Gasteiger partial charge in [0.25, 0.3) is 5.91 Å². The first-order valence-corrected chi connectivity index (χ1v) is 12.6. The first kappa shape index (κ1) is 27.0. The van der Waals surface area contributed by atoms with Gasteiger partial charge in [0.05, 0.1) is 32.4 Å². The Morgan fingerprint density at radius 2 is 1.66 bits per heavy atom. The molecule has 2 aliphatic rings. The van der Waals surface area contributed by atoms with Gasteiger partial charge in [-0.05, 0) is 36.8 Å². The molecule has 3 amide bonds. The fourth-order valence-electron chi connectivity index (χ4n) is 4.76. The van der Waals surface area contributed by atoms with E-state index in [0.717, 1.165) is 0 Å². The van der Waals surface area contributed by atoms with Gasteiger partial charge in [-0.15, -0.1) is 0 Å². The Kier molecular flexibility index (Phi) is 8.52. The maximum atomic E-state index is 13.3. The van der Waals surface area contributed by atoms with E-state index in [1.165, 1.54) is 12.0 Å². The zero-order chi connectivity index (χ0) is 27.2. The maximum Gasteiger partial charge on any atom is 0.338 e. The van der Waals surface area contributed by atoms with Crippen LogP contribution in [0.25, 0.3) is 0 Å². The molecule has 0 bridgehead atoms. The summed E-state index contributed by atoms with van der Waals surface area (Å²) < 4.78 is 16.2. The van der Waals surface area contributed by atoms with E-state index in [9.17, 15) is 14.4 Å². The van der Waals surface area contributed by atoms with Gasteiger partial charge in [-0.1, -0.05) is 24.3 Å². The van der Waals surface area contributed by atoms with Crippen LogP contribution in [-0.2, 0) is 9.53 Å². The van der Waals surface area contributed by atoms with Gasteiger partial charge in [-0.3, -0.25) is 14.6 Å². The topological polar surface area (TPSA) is 101 Å². The van der Waals surface area contributed by atoms with Crippen LogP contribution >= 0.6 is 0 Å².